The Hall–Kier alpha value is -0.430. The minimum atomic E-state index is -0.398. The normalized spacial score (nSPS) is 19.5. The monoisotopic (exact) mass is 362 g/mol. The van der Waals surface area contributed by atoms with Gasteiger partial charge in [0, 0.05) is 7.11 Å². The standard InChI is InChI=1S/C13H19IN2O2/c1-9-10(14)11(17)16-12(15-9)13(18-2)7-5-3-4-6-8-13/h3-8H2,1-2H3,(H,15,16,17). The van der Waals surface area contributed by atoms with Crippen molar-refractivity contribution in [3.63, 3.8) is 0 Å². The largest absolute Gasteiger partial charge is 0.370 e. The van der Waals surface area contributed by atoms with Crippen LogP contribution < -0.4 is 5.56 Å². The van der Waals surface area contributed by atoms with Crippen LogP contribution in [0.2, 0.25) is 0 Å². The lowest BCUT2D eigenvalue weighted by molar-refractivity contribution is -0.0355. The summed E-state index contributed by atoms with van der Waals surface area (Å²) in [4.78, 5) is 19.3. The molecule has 1 aliphatic rings. The van der Waals surface area contributed by atoms with Crippen molar-refractivity contribution in [2.24, 2.45) is 0 Å². The van der Waals surface area contributed by atoms with E-state index in [4.69, 9.17) is 4.74 Å². The summed E-state index contributed by atoms with van der Waals surface area (Å²) >= 11 is 2.03. The number of H-pyrrole nitrogens is 1. The molecule has 0 aliphatic heterocycles. The molecule has 1 N–H and O–H groups in total. The number of rotatable bonds is 2. The van der Waals surface area contributed by atoms with Gasteiger partial charge in [-0.2, -0.15) is 0 Å². The second-order valence-corrected chi connectivity index (χ2v) is 6.01. The Balaban J connectivity index is 2.46. The summed E-state index contributed by atoms with van der Waals surface area (Å²) in [6.07, 6.45) is 6.60. The van der Waals surface area contributed by atoms with Gasteiger partial charge in [-0.25, -0.2) is 4.98 Å². The first kappa shape index (κ1) is 14.0. The van der Waals surface area contributed by atoms with Crippen LogP contribution in [0.5, 0.6) is 0 Å². The average Bonchev–Trinajstić information content (AvgIpc) is 2.61. The van der Waals surface area contributed by atoms with Crippen LogP contribution in [0.25, 0.3) is 0 Å². The average molecular weight is 362 g/mol. The van der Waals surface area contributed by atoms with E-state index >= 15 is 0 Å². The quantitative estimate of drug-likeness (QED) is 0.650. The van der Waals surface area contributed by atoms with E-state index in [9.17, 15) is 4.79 Å². The number of aromatic nitrogens is 2. The van der Waals surface area contributed by atoms with Crippen molar-refractivity contribution in [1.82, 2.24) is 9.97 Å². The predicted molar refractivity (Wildman–Crippen MR) is 78.7 cm³/mol. The van der Waals surface area contributed by atoms with Crippen molar-refractivity contribution in [1.29, 1.82) is 0 Å². The van der Waals surface area contributed by atoms with Crippen molar-refractivity contribution in [3.05, 3.63) is 25.4 Å². The van der Waals surface area contributed by atoms with Gasteiger partial charge in [-0.3, -0.25) is 4.79 Å². The molecular formula is C13H19IN2O2. The van der Waals surface area contributed by atoms with Gasteiger partial charge in [-0.15, -0.1) is 0 Å². The molecule has 100 valence electrons. The molecular weight excluding hydrogens is 343 g/mol. The van der Waals surface area contributed by atoms with Crippen LogP contribution in [0.1, 0.15) is 50.0 Å². The maximum absolute atomic E-state index is 11.9. The molecule has 1 aromatic rings. The molecule has 0 spiro atoms. The van der Waals surface area contributed by atoms with Gasteiger partial charge in [0.25, 0.3) is 5.56 Å². The lowest BCUT2D eigenvalue weighted by atomic mass is 9.93. The summed E-state index contributed by atoms with van der Waals surface area (Å²) < 4.78 is 6.42. The topological polar surface area (TPSA) is 55.0 Å². The van der Waals surface area contributed by atoms with Crippen LogP contribution in [0.4, 0.5) is 0 Å². The minimum absolute atomic E-state index is 0.0567. The Labute approximate surface area is 121 Å². The van der Waals surface area contributed by atoms with Gasteiger partial charge < -0.3 is 9.72 Å². The smallest absolute Gasteiger partial charge is 0.264 e. The summed E-state index contributed by atoms with van der Waals surface area (Å²) in [6.45, 7) is 1.88. The zero-order valence-corrected chi connectivity index (χ0v) is 13.0. The van der Waals surface area contributed by atoms with E-state index in [1.54, 1.807) is 7.11 Å². The first-order valence-corrected chi connectivity index (χ1v) is 7.49. The highest BCUT2D eigenvalue weighted by Crippen LogP contribution is 2.36. The number of nitrogens with one attached hydrogen (secondary N) is 1. The number of aryl methyl sites for hydroxylation is 1. The zero-order valence-electron chi connectivity index (χ0n) is 10.9. The molecule has 0 amide bonds. The molecule has 0 bridgehead atoms. The maximum Gasteiger partial charge on any atom is 0.264 e. The number of methoxy groups -OCH3 is 1. The predicted octanol–water partition coefficient (Wildman–Crippen LogP) is 2.88. The van der Waals surface area contributed by atoms with Crippen LogP contribution in [-0.4, -0.2) is 17.1 Å². The fourth-order valence-electron chi connectivity index (χ4n) is 2.62. The number of nitrogens with zero attached hydrogens (tertiary/aromatic N) is 1. The number of ether oxygens (including phenoxy) is 1. The van der Waals surface area contributed by atoms with Gasteiger partial charge >= 0.3 is 0 Å². The van der Waals surface area contributed by atoms with Crippen molar-refractivity contribution < 1.29 is 4.74 Å². The van der Waals surface area contributed by atoms with Gasteiger partial charge in [-0.1, -0.05) is 25.7 Å². The number of hydrogen-bond acceptors (Lipinski definition) is 3. The van der Waals surface area contributed by atoms with E-state index < -0.39 is 5.60 Å². The first-order valence-electron chi connectivity index (χ1n) is 6.41. The Morgan fingerprint density at radius 1 is 1.28 bits per heavy atom. The highest BCUT2D eigenvalue weighted by Gasteiger charge is 2.35. The van der Waals surface area contributed by atoms with Crippen LogP contribution in [0.3, 0.4) is 0 Å². The molecule has 18 heavy (non-hydrogen) atoms. The third-order valence-corrected chi connectivity index (χ3v) is 5.03. The third kappa shape index (κ3) is 2.61. The summed E-state index contributed by atoms with van der Waals surface area (Å²) in [6, 6.07) is 0. The molecule has 0 radical (unpaired) electrons. The molecule has 1 aromatic heterocycles. The van der Waals surface area contributed by atoms with Crippen LogP contribution in [0, 0.1) is 10.5 Å². The summed E-state index contributed by atoms with van der Waals surface area (Å²) in [5.41, 5.74) is 0.332. The Morgan fingerprint density at radius 3 is 2.39 bits per heavy atom. The molecule has 5 heteroatoms. The highest BCUT2D eigenvalue weighted by atomic mass is 127. The van der Waals surface area contributed by atoms with Crippen LogP contribution in [-0.2, 0) is 10.3 Å². The summed E-state index contributed by atoms with van der Waals surface area (Å²) in [7, 11) is 1.72. The van der Waals surface area contributed by atoms with Crippen molar-refractivity contribution in [2.45, 2.75) is 51.0 Å². The SMILES string of the molecule is COC1(c2nc(C)c(I)c(=O)[nH]2)CCCCCC1. The van der Waals surface area contributed by atoms with E-state index in [1.807, 2.05) is 29.5 Å². The van der Waals surface area contributed by atoms with Crippen LogP contribution >= 0.6 is 22.6 Å². The number of halogens is 1. The van der Waals surface area contributed by atoms with E-state index in [-0.39, 0.29) is 5.56 Å². The molecule has 0 unspecified atom stereocenters. The second kappa shape index (κ2) is 5.69. The van der Waals surface area contributed by atoms with E-state index in [1.165, 1.54) is 12.8 Å². The fourth-order valence-corrected chi connectivity index (χ4v) is 2.88. The molecule has 0 saturated heterocycles. The molecule has 1 heterocycles. The van der Waals surface area contributed by atoms with Gasteiger partial charge in [0.05, 0.1) is 9.26 Å². The Morgan fingerprint density at radius 2 is 1.89 bits per heavy atom. The highest BCUT2D eigenvalue weighted by molar-refractivity contribution is 14.1. The minimum Gasteiger partial charge on any atom is -0.370 e. The molecule has 1 aliphatic carbocycles. The van der Waals surface area contributed by atoms with E-state index in [0.29, 0.717) is 9.39 Å². The van der Waals surface area contributed by atoms with Crippen molar-refractivity contribution >= 4 is 22.6 Å². The van der Waals surface area contributed by atoms with Gasteiger partial charge in [-0.05, 0) is 42.4 Å². The summed E-state index contributed by atoms with van der Waals surface area (Å²) in [5, 5.41) is 0. The molecule has 0 aromatic carbocycles. The van der Waals surface area contributed by atoms with Crippen LogP contribution in [0.15, 0.2) is 4.79 Å². The molecule has 4 nitrogen and oxygen atoms in total. The van der Waals surface area contributed by atoms with E-state index in [0.717, 1.165) is 31.4 Å². The first-order chi connectivity index (χ1) is 8.59. The van der Waals surface area contributed by atoms with Gasteiger partial charge in [0.1, 0.15) is 11.4 Å². The van der Waals surface area contributed by atoms with Gasteiger partial charge in [0.15, 0.2) is 0 Å². The molecule has 2 rings (SSSR count). The third-order valence-electron chi connectivity index (χ3n) is 3.76. The zero-order chi connectivity index (χ0) is 13.2. The lowest BCUT2D eigenvalue weighted by Gasteiger charge is -2.30. The summed E-state index contributed by atoms with van der Waals surface area (Å²) in [5.74, 6) is 0.704. The molecule has 1 saturated carbocycles. The second-order valence-electron chi connectivity index (χ2n) is 4.93. The number of hydrogen-bond donors (Lipinski definition) is 1. The van der Waals surface area contributed by atoms with Gasteiger partial charge in [0.2, 0.25) is 0 Å². The van der Waals surface area contributed by atoms with E-state index in [2.05, 4.69) is 9.97 Å². The lowest BCUT2D eigenvalue weighted by Crippen LogP contribution is -2.33. The molecule has 1 fully saturated rings. The van der Waals surface area contributed by atoms with Crippen molar-refractivity contribution in [2.75, 3.05) is 7.11 Å². The fraction of sp³-hybridized carbons (Fsp3) is 0.692. The van der Waals surface area contributed by atoms with Crippen molar-refractivity contribution in [3.8, 4) is 0 Å². The maximum atomic E-state index is 11.9. The number of aromatic amines is 1. The Bertz CT molecular complexity index is 476. The molecule has 0 atom stereocenters. The Kier molecular flexibility index (Phi) is 4.42.